The van der Waals surface area contributed by atoms with Crippen molar-refractivity contribution in [2.24, 2.45) is 10.9 Å². The second-order valence-electron chi connectivity index (χ2n) is 7.79. The number of rotatable bonds is 7. The van der Waals surface area contributed by atoms with Crippen molar-refractivity contribution in [2.45, 2.75) is 38.4 Å². The fraction of sp³-hybridized carbons (Fsp3) is 0.591. The van der Waals surface area contributed by atoms with Crippen molar-refractivity contribution in [3.05, 3.63) is 46.5 Å². The molecule has 0 amide bonds. The van der Waals surface area contributed by atoms with E-state index in [4.69, 9.17) is 18.9 Å². The number of piperidine rings is 1. The number of furan rings is 1. The highest BCUT2D eigenvalue weighted by atomic mass is 32.1. The van der Waals surface area contributed by atoms with Crippen LogP contribution in [-0.2, 0) is 22.3 Å². The lowest BCUT2D eigenvalue weighted by atomic mass is 9.90. The molecule has 2 aliphatic rings. The van der Waals surface area contributed by atoms with Crippen molar-refractivity contribution >= 4 is 17.3 Å². The van der Waals surface area contributed by atoms with E-state index >= 15 is 0 Å². The van der Waals surface area contributed by atoms with Gasteiger partial charge in [0.1, 0.15) is 5.76 Å². The number of nitrogens with zero attached hydrogens (tertiary/aromatic N) is 2. The zero-order chi connectivity index (χ0) is 19.9. The number of guanidine groups is 1. The minimum atomic E-state index is -0.463. The van der Waals surface area contributed by atoms with Gasteiger partial charge in [-0.2, -0.15) is 0 Å². The molecule has 0 aliphatic carbocycles. The van der Waals surface area contributed by atoms with Gasteiger partial charge in [0.15, 0.2) is 11.7 Å². The van der Waals surface area contributed by atoms with E-state index < -0.39 is 5.79 Å². The Hall–Kier alpha value is -1.83. The lowest BCUT2D eigenvalue weighted by Gasteiger charge is -2.41. The average molecular weight is 418 g/mol. The minimum Gasteiger partial charge on any atom is -0.469 e. The molecule has 2 aromatic heterocycles. The average Bonchev–Trinajstić information content (AvgIpc) is 3.51. The number of hydrogen-bond acceptors (Lipinski definition) is 5. The van der Waals surface area contributed by atoms with Crippen LogP contribution in [0.2, 0.25) is 0 Å². The summed E-state index contributed by atoms with van der Waals surface area (Å²) in [5.74, 6) is 1.87. The molecular weight excluding hydrogens is 386 g/mol. The van der Waals surface area contributed by atoms with Gasteiger partial charge in [-0.25, -0.2) is 0 Å². The first kappa shape index (κ1) is 20.4. The molecule has 2 aliphatic heterocycles. The number of nitrogens with one attached hydrogen (secondary N) is 1. The Kier molecular flexibility index (Phi) is 6.90. The van der Waals surface area contributed by atoms with E-state index in [0.717, 1.165) is 63.6 Å². The van der Waals surface area contributed by atoms with Crippen molar-refractivity contribution in [3.8, 4) is 0 Å². The quantitative estimate of drug-likeness (QED) is 0.552. The van der Waals surface area contributed by atoms with Crippen molar-refractivity contribution in [1.82, 2.24) is 10.2 Å². The number of aliphatic imine (C=N–C) groups is 1. The van der Waals surface area contributed by atoms with Crippen LogP contribution in [0.1, 0.15) is 30.4 Å². The normalized spacial score (nSPS) is 22.2. The van der Waals surface area contributed by atoms with E-state index in [1.807, 2.05) is 12.1 Å². The van der Waals surface area contributed by atoms with Crippen LogP contribution in [0.4, 0.5) is 0 Å². The molecule has 7 heteroatoms. The first-order valence-electron chi connectivity index (χ1n) is 10.6. The molecule has 4 rings (SSSR count). The van der Waals surface area contributed by atoms with Gasteiger partial charge >= 0.3 is 0 Å². The molecular formula is C22H31N3O3S. The van der Waals surface area contributed by atoms with Gasteiger partial charge in [-0.15, -0.1) is 11.3 Å². The van der Waals surface area contributed by atoms with Gasteiger partial charge in [0.2, 0.25) is 0 Å². The van der Waals surface area contributed by atoms with Crippen LogP contribution in [0.15, 0.2) is 45.3 Å². The van der Waals surface area contributed by atoms with Crippen molar-refractivity contribution in [2.75, 3.05) is 39.4 Å². The Morgan fingerprint density at radius 3 is 2.93 bits per heavy atom. The second kappa shape index (κ2) is 9.78. The van der Waals surface area contributed by atoms with Gasteiger partial charge in [-0.3, -0.25) is 4.99 Å². The SMILES string of the molecule is CC1(C2CCCN(C(=NCCc3cccs3)NCCc3ccco3)C2)OCCO1. The first-order chi connectivity index (χ1) is 14.2. The van der Waals surface area contributed by atoms with Crippen molar-refractivity contribution in [3.63, 3.8) is 0 Å². The number of likely N-dealkylation sites (tertiary alicyclic amines) is 1. The number of hydrogen-bond donors (Lipinski definition) is 1. The van der Waals surface area contributed by atoms with Gasteiger partial charge in [-0.05, 0) is 43.3 Å². The molecule has 1 atom stereocenters. The molecule has 0 spiro atoms. The first-order valence-corrected chi connectivity index (χ1v) is 11.5. The maximum Gasteiger partial charge on any atom is 0.193 e. The summed E-state index contributed by atoms with van der Waals surface area (Å²) in [4.78, 5) is 8.70. The van der Waals surface area contributed by atoms with E-state index in [0.29, 0.717) is 19.1 Å². The third kappa shape index (κ3) is 5.41. The van der Waals surface area contributed by atoms with Crippen molar-refractivity contribution in [1.29, 1.82) is 0 Å². The van der Waals surface area contributed by atoms with E-state index in [1.54, 1.807) is 17.6 Å². The second-order valence-corrected chi connectivity index (χ2v) is 8.82. The highest BCUT2D eigenvalue weighted by Crippen LogP contribution is 2.34. The van der Waals surface area contributed by atoms with Gasteiger partial charge in [0.25, 0.3) is 0 Å². The number of thiophene rings is 1. The molecule has 1 unspecified atom stereocenters. The summed E-state index contributed by atoms with van der Waals surface area (Å²) in [6.45, 7) is 6.98. The smallest absolute Gasteiger partial charge is 0.193 e. The van der Waals surface area contributed by atoms with E-state index in [1.165, 1.54) is 4.88 Å². The Morgan fingerprint density at radius 1 is 1.28 bits per heavy atom. The lowest BCUT2D eigenvalue weighted by Crippen LogP contribution is -2.52. The Bertz CT molecular complexity index is 754. The van der Waals surface area contributed by atoms with Crippen LogP contribution in [0.25, 0.3) is 0 Å². The van der Waals surface area contributed by atoms with Gasteiger partial charge in [0.05, 0.1) is 19.5 Å². The predicted molar refractivity (Wildman–Crippen MR) is 115 cm³/mol. The minimum absolute atomic E-state index is 0.355. The monoisotopic (exact) mass is 417 g/mol. The summed E-state index contributed by atoms with van der Waals surface area (Å²) in [5, 5.41) is 5.69. The molecule has 0 bridgehead atoms. The Labute approximate surface area is 176 Å². The molecule has 0 saturated carbocycles. The Balaban J connectivity index is 1.39. The van der Waals surface area contributed by atoms with E-state index in [-0.39, 0.29) is 0 Å². The summed E-state index contributed by atoms with van der Waals surface area (Å²) >= 11 is 1.79. The molecule has 29 heavy (non-hydrogen) atoms. The third-order valence-electron chi connectivity index (χ3n) is 5.76. The molecule has 2 saturated heterocycles. The topological polar surface area (TPSA) is 59.2 Å². The summed E-state index contributed by atoms with van der Waals surface area (Å²) in [5.41, 5.74) is 0. The molecule has 158 valence electrons. The maximum absolute atomic E-state index is 5.95. The molecule has 2 fully saturated rings. The number of ether oxygens (including phenoxy) is 2. The Morgan fingerprint density at radius 2 is 2.17 bits per heavy atom. The summed E-state index contributed by atoms with van der Waals surface area (Å²) in [6, 6.07) is 8.23. The van der Waals surface area contributed by atoms with Crippen molar-refractivity contribution < 1.29 is 13.9 Å². The van der Waals surface area contributed by atoms with Crippen LogP contribution >= 0.6 is 11.3 Å². The fourth-order valence-electron chi connectivity index (χ4n) is 4.11. The van der Waals surface area contributed by atoms with E-state index in [9.17, 15) is 0 Å². The van der Waals surface area contributed by atoms with Crippen LogP contribution < -0.4 is 5.32 Å². The molecule has 2 aromatic rings. The van der Waals surface area contributed by atoms with Crippen LogP contribution in [0.5, 0.6) is 0 Å². The van der Waals surface area contributed by atoms with Crippen LogP contribution in [0, 0.1) is 5.92 Å². The van der Waals surface area contributed by atoms with Gasteiger partial charge < -0.3 is 24.1 Å². The highest BCUT2D eigenvalue weighted by Gasteiger charge is 2.42. The van der Waals surface area contributed by atoms with Crippen LogP contribution in [-0.4, -0.2) is 56.0 Å². The maximum atomic E-state index is 5.95. The summed E-state index contributed by atoms with van der Waals surface area (Å²) < 4.78 is 17.4. The molecule has 0 radical (unpaired) electrons. The predicted octanol–water partition coefficient (Wildman–Crippen LogP) is 3.55. The summed E-state index contributed by atoms with van der Waals surface area (Å²) in [6.07, 6.45) is 5.79. The van der Waals surface area contributed by atoms with E-state index in [2.05, 4.69) is 34.7 Å². The lowest BCUT2D eigenvalue weighted by molar-refractivity contribution is -0.189. The zero-order valence-corrected chi connectivity index (χ0v) is 18.0. The molecule has 1 N–H and O–H groups in total. The fourth-order valence-corrected chi connectivity index (χ4v) is 4.81. The largest absolute Gasteiger partial charge is 0.469 e. The standard InChI is InChI=1S/C22H31N3O3S/c1-22(27-14-15-28-22)18-5-2-12-25(17-18)21(23-10-8-19-6-3-13-26-19)24-11-9-20-7-4-16-29-20/h3-4,6-7,13,16,18H,2,5,8-12,14-15,17H2,1H3,(H,23,24). The third-order valence-corrected chi connectivity index (χ3v) is 6.69. The molecule has 6 nitrogen and oxygen atoms in total. The highest BCUT2D eigenvalue weighted by molar-refractivity contribution is 7.09. The zero-order valence-electron chi connectivity index (χ0n) is 17.1. The van der Waals surface area contributed by atoms with Crippen LogP contribution in [0.3, 0.4) is 0 Å². The van der Waals surface area contributed by atoms with Gasteiger partial charge in [-0.1, -0.05) is 6.07 Å². The summed E-state index contributed by atoms with van der Waals surface area (Å²) in [7, 11) is 0. The molecule has 4 heterocycles. The molecule has 0 aromatic carbocycles. The van der Waals surface area contributed by atoms with Gasteiger partial charge in [0, 0.05) is 49.8 Å².